The SMILES string of the molecule is O=[N+]([O-])c1cccc(COC2CNC2)c1. The molecule has 1 aliphatic rings. The number of hydrogen-bond donors (Lipinski definition) is 1. The maximum absolute atomic E-state index is 10.5. The molecule has 1 fully saturated rings. The van der Waals surface area contributed by atoms with Crippen LogP contribution in [0, 0.1) is 10.1 Å². The summed E-state index contributed by atoms with van der Waals surface area (Å²) in [4.78, 5) is 10.1. The zero-order chi connectivity index (χ0) is 10.7. The molecule has 5 heteroatoms. The van der Waals surface area contributed by atoms with Gasteiger partial charge in [0.2, 0.25) is 0 Å². The van der Waals surface area contributed by atoms with E-state index in [2.05, 4.69) is 5.32 Å². The van der Waals surface area contributed by atoms with Gasteiger partial charge in [-0.25, -0.2) is 0 Å². The molecule has 5 nitrogen and oxygen atoms in total. The lowest BCUT2D eigenvalue weighted by molar-refractivity contribution is -0.385. The summed E-state index contributed by atoms with van der Waals surface area (Å²) in [6.07, 6.45) is 0.254. The predicted molar refractivity (Wildman–Crippen MR) is 54.5 cm³/mol. The van der Waals surface area contributed by atoms with Crippen molar-refractivity contribution in [2.45, 2.75) is 12.7 Å². The highest BCUT2D eigenvalue weighted by molar-refractivity contribution is 5.33. The first-order valence-corrected chi connectivity index (χ1v) is 4.81. The van der Waals surface area contributed by atoms with Gasteiger partial charge in [-0.2, -0.15) is 0 Å². The minimum absolute atomic E-state index is 0.114. The molecule has 0 amide bonds. The predicted octanol–water partition coefficient (Wildman–Crippen LogP) is 1.08. The van der Waals surface area contributed by atoms with E-state index in [4.69, 9.17) is 4.74 Å². The number of nitrogens with zero attached hydrogens (tertiary/aromatic N) is 1. The Morgan fingerprint density at radius 2 is 2.33 bits per heavy atom. The highest BCUT2D eigenvalue weighted by Gasteiger charge is 2.17. The normalized spacial score (nSPS) is 16.0. The molecule has 2 rings (SSSR count). The second kappa shape index (κ2) is 4.37. The molecule has 1 N–H and O–H groups in total. The minimum atomic E-state index is -0.394. The molecule has 0 aromatic heterocycles. The Labute approximate surface area is 87.2 Å². The van der Waals surface area contributed by atoms with E-state index in [0.29, 0.717) is 6.61 Å². The van der Waals surface area contributed by atoms with Gasteiger partial charge in [0.15, 0.2) is 0 Å². The van der Waals surface area contributed by atoms with Gasteiger partial charge in [0.25, 0.3) is 5.69 Å². The molecular formula is C10H12N2O3. The van der Waals surface area contributed by atoms with Crippen molar-refractivity contribution < 1.29 is 9.66 Å². The molecule has 0 spiro atoms. The number of nitrogens with one attached hydrogen (secondary N) is 1. The molecule has 1 saturated heterocycles. The third kappa shape index (κ3) is 2.51. The molecule has 1 aromatic carbocycles. The van der Waals surface area contributed by atoms with Crippen LogP contribution in [0.2, 0.25) is 0 Å². The summed E-state index contributed by atoms with van der Waals surface area (Å²) >= 11 is 0. The van der Waals surface area contributed by atoms with E-state index in [-0.39, 0.29) is 11.8 Å². The summed E-state index contributed by atoms with van der Waals surface area (Å²) in [6.45, 7) is 2.18. The van der Waals surface area contributed by atoms with Gasteiger partial charge in [-0.05, 0) is 5.56 Å². The number of hydrogen-bond acceptors (Lipinski definition) is 4. The standard InChI is InChI=1S/C10H12N2O3/c13-12(14)9-3-1-2-8(4-9)7-15-10-5-11-6-10/h1-4,10-11H,5-7H2. The fraction of sp³-hybridized carbons (Fsp3) is 0.400. The van der Waals surface area contributed by atoms with E-state index in [9.17, 15) is 10.1 Å². The van der Waals surface area contributed by atoms with Gasteiger partial charge < -0.3 is 10.1 Å². The highest BCUT2D eigenvalue weighted by atomic mass is 16.6. The second-order valence-corrected chi connectivity index (χ2v) is 3.52. The molecule has 0 atom stereocenters. The summed E-state index contributed by atoms with van der Waals surface area (Å²) in [5.74, 6) is 0. The van der Waals surface area contributed by atoms with Crippen molar-refractivity contribution in [1.29, 1.82) is 0 Å². The van der Waals surface area contributed by atoms with Crippen LogP contribution in [0.3, 0.4) is 0 Å². The van der Waals surface area contributed by atoms with Crippen LogP contribution in [0.1, 0.15) is 5.56 Å². The summed E-state index contributed by atoms with van der Waals surface area (Å²) in [6, 6.07) is 6.54. The first-order chi connectivity index (χ1) is 7.25. The van der Waals surface area contributed by atoms with Gasteiger partial charge in [0, 0.05) is 25.2 Å². The van der Waals surface area contributed by atoms with Crippen LogP contribution in [0.25, 0.3) is 0 Å². The lowest BCUT2D eigenvalue weighted by Crippen LogP contribution is -2.48. The Morgan fingerprint density at radius 1 is 1.53 bits per heavy atom. The molecule has 0 radical (unpaired) electrons. The van der Waals surface area contributed by atoms with E-state index in [0.717, 1.165) is 18.7 Å². The summed E-state index contributed by atoms with van der Waals surface area (Å²) in [5.41, 5.74) is 0.957. The molecule has 0 saturated carbocycles. The number of nitro benzene ring substituents is 1. The first-order valence-electron chi connectivity index (χ1n) is 4.81. The third-order valence-corrected chi connectivity index (χ3v) is 2.35. The van der Waals surface area contributed by atoms with Crippen molar-refractivity contribution in [2.75, 3.05) is 13.1 Å². The first kappa shape index (κ1) is 10.1. The van der Waals surface area contributed by atoms with Gasteiger partial charge in [-0.1, -0.05) is 12.1 Å². The molecular weight excluding hydrogens is 196 g/mol. The number of ether oxygens (including phenoxy) is 1. The Hall–Kier alpha value is -1.46. The number of nitro groups is 1. The molecule has 0 bridgehead atoms. The lowest BCUT2D eigenvalue weighted by Gasteiger charge is -2.27. The highest BCUT2D eigenvalue weighted by Crippen LogP contribution is 2.14. The van der Waals surface area contributed by atoms with Crippen molar-refractivity contribution >= 4 is 5.69 Å². The Bertz CT molecular complexity index is 363. The molecule has 1 aliphatic heterocycles. The van der Waals surface area contributed by atoms with Crippen molar-refractivity contribution in [3.63, 3.8) is 0 Å². The van der Waals surface area contributed by atoms with Crippen molar-refractivity contribution in [3.8, 4) is 0 Å². The van der Waals surface area contributed by atoms with Gasteiger partial charge >= 0.3 is 0 Å². The smallest absolute Gasteiger partial charge is 0.269 e. The molecule has 80 valence electrons. The van der Waals surface area contributed by atoms with Crippen LogP contribution in [-0.2, 0) is 11.3 Å². The number of benzene rings is 1. The maximum Gasteiger partial charge on any atom is 0.269 e. The van der Waals surface area contributed by atoms with Crippen LogP contribution in [0.5, 0.6) is 0 Å². The minimum Gasteiger partial charge on any atom is -0.371 e. The van der Waals surface area contributed by atoms with Crippen LogP contribution < -0.4 is 5.32 Å². The quantitative estimate of drug-likeness (QED) is 0.594. The van der Waals surface area contributed by atoms with Crippen LogP contribution in [-0.4, -0.2) is 24.1 Å². The fourth-order valence-electron chi connectivity index (χ4n) is 1.35. The van der Waals surface area contributed by atoms with Gasteiger partial charge in [-0.15, -0.1) is 0 Å². The van der Waals surface area contributed by atoms with E-state index in [1.54, 1.807) is 12.1 Å². The molecule has 1 aromatic rings. The van der Waals surface area contributed by atoms with Gasteiger partial charge in [0.1, 0.15) is 0 Å². The summed E-state index contributed by atoms with van der Waals surface area (Å²) < 4.78 is 5.51. The van der Waals surface area contributed by atoms with E-state index < -0.39 is 4.92 Å². The Kier molecular flexibility index (Phi) is 2.94. The van der Waals surface area contributed by atoms with Crippen molar-refractivity contribution in [3.05, 3.63) is 39.9 Å². The third-order valence-electron chi connectivity index (χ3n) is 2.35. The Balaban J connectivity index is 1.94. The lowest BCUT2D eigenvalue weighted by atomic mass is 10.2. The topological polar surface area (TPSA) is 64.4 Å². The number of rotatable bonds is 4. The van der Waals surface area contributed by atoms with Crippen LogP contribution in [0.15, 0.2) is 24.3 Å². The monoisotopic (exact) mass is 208 g/mol. The second-order valence-electron chi connectivity index (χ2n) is 3.52. The molecule has 0 unspecified atom stereocenters. The Morgan fingerprint density at radius 3 is 2.93 bits per heavy atom. The summed E-state index contributed by atoms with van der Waals surface area (Å²) in [5, 5.41) is 13.6. The van der Waals surface area contributed by atoms with E-state index >= 15 is 0 Å². The number of non-ortho nitro benzene ring substituents is 1. The average Bonchev–Trinajstić information content (AvgIpc) is 2.16. The average molecular weight is 208 g/mol. The van der Waals surface area contributed by atoms with Crippen molar-refractivity contribution in [1.82, 2.24) is 5.32 Å². The molecule has 15 heavy (non-hydrogen) atoms. The molecule has 0 aliphatic carbocycles. The van der Waals surface area contributed by atoms with Crippen molar-refractivity contribution in [2.24, 2.45) is 0 Å². The zero-order valence-corrected chi connectivity index (χ0v) is 8.18. The van der Waals surface area contributed by atoms with E-state index in [1.807, 2.05) is 6.07 Å². The zero-order valence-electron chi connectivity index (χ0n) is 8.18. The largest absolute Gasteiger partial charge is 0.371 e. The van der Waals surface area contributed by atoms with E-state index in [1.165, 1.54) is 6.07 Å². The van der Waals surface area contributed by atoms with Gasteiger partial charge in [-0.3, -0.25) is 10.1 Å². The van der Waals surface area contributed by atoms with Crippen LogP contribution in [0.4, 0.5) is 5.69 Å². The summed E-state index contributed by atoms with van der Waals surface area (Å²) in [7, 11) is 0. The van der Waals surface area contributed by atoms with Gasteiger partial charge in [0.05, 0.1) is 17.6 Å². The maximum atomic E-state index is 10.5. The fourth-order valence-corrected chi connectivity index (χ4v) is 1.35. The van der Waals surface area contributed by atoms with Crippen LogP contribution >= 0.6 is 0 Å². The molecule has 1 heterocycles.